The summed E-state index contributed by atoms with van der Waals surface area (Å²) in [6.07, 6.45) is 25.7. The first-order valence-corrected chi connectivity index (χ1v) is 16.2. The van der Waals surface area contributed by atoms with Gasteiger partial charge in [0.25, 0.3) is 11.4 Å². The summed E-state index contributed by atoms with van der Waals surface area (Å²) in [7, 11) is 0. The van der Waals surface area contributed by atoms with Crippen LogP contribution in [0.2, 0.25) is 0 Å². The number of nitrogens with one attached hydrogen (secondary N) is 4. The fourth-order valence-electron chi connectivity index (χ4n) is 6.89. The molecule has 0 amide bonds. The van der Waals surface area contributed by atoms with Gasteiger partial charge in [-0.1, -0.05) is 24.3 Å². The van der Waals surface area contributed by atoms with Crippen LogP contribution in [0, 0.1) is 0 Å². The Morgan fingerprint density at radius 3 is 1.17 bits per heavy atom. The van der Waals surface area contributed by atoms with E-state index in [9.17, 15) is 0 Å². The third kappa shape index (κ3) is 4.87. The number of hydrogen-bond donors (Lipinski definition) is 4. The first-order valence-electron chi connectivity index (χ1n) is 16.2. The van der Waals surface area contributed by atoms with Crippen LogP contribution in [0.1, 0.15) is 11.4 Å². The van der Waals surface area contributed by atoms with Gasteiger partial charge < -0.3 is 20.6 Å². The van der Waals surface area contributed by atoms with Gasteiger partial charge in [0.1, 0.15) is 45.6 Å². The molecule has 8 nitrogen and oxygen atoms in total. The van der Waals surface area contributed by atoms with Crippen LogP contribution in [0.25, 0.3) is 22.8 Å². The molecule has 2 unspecified atom stereocenters. The van der Waals surface area contributed by atoms with Crippen LogP contribution >= 0.6 is 0 Å². The van der Waals surface area contributed by atoms with Crippen molar-refractivity contribution in [1.82, 2.24) is 20.6 Å². The van der Waals surface area contributed by atoms with Crippen molar-refractivity contribution in [1.29, 1.82) is 0 Å². The van der Waals surface area contributed by atoms with Gasteiger partial charge in [0.15, 0.2) is 49.6 Å². The van der Waals surface area contributed by atoms with Gasteiger partial charge in [-0.15, -0.1) is 0 Å². The van der Waals surface area contributed by atoms with E-state index in [0.717, 1.165) is 56.3 Å². The lowest BCUT2D eigenvalue weighted by atomic mass is 10.2. The van der Waals surface area contributed by atoms with Gasteiger partial charge in [0.2, 0.25) is 11.4 Å². The van der Waals surface area contributed by atoms with Crippen LogP contribution in [-0.4, -0.2) is 22.1 Å². The Morgan fingerprint density at radius 1 is 0.396 bits per heavy atom. The van der Waals surface area contributed by atoms with E-state index in [1.165, 1.54) is 0 Å². The van der Waals surface area contributed by atoms with E-state index in [-0.39, 0.29) is 12.1 Å². The SMILES string of the molecule is C1=CC2N/C1=C(/[n+]1ccccc1)c1ccc([nH]1)/C([n+]1ccccc1)=C1/C=CC(N1)/C([n+]1ccccc1)=c1/ccc([nH]1)=C2[n+]1ccccc1. The van der Waals surface area contributed by atoms with Crippen molar-refractivity contribution < 1.29 is 18.3 Å². The summed E-state index contributed by atoms with van der Waals surface area (Å²) in [6.45, 7) is 0. The lowest BCUT2D eigenvalue weighted by molar-refractivity contribution is -0.585. The Labute approximate surface area is 277 Å². The Bertz CT molecular complexity index is 2220. The summed E-state index contributed by atoms with van der Waals surface area (Å²) in [6, 6.07) is 33.2. The van der Waals surface area contributed by atoms with Crippen molar-refractivity contribution in [2.75, 3.05) is 0 Å². The largest absolute Gasteiger partial charge is 0.364 e. The predicted molar refractivity (Wildman–Crippen MR) is 182 cm³/mol. The van der Waals surface area contributed by atoms with Crippen molar-refractivity contribution in [3.8, 4) is 0 Å². The number of nitrogens with zero attached hydrogens (tertiary/aromatic N) is 4. The van der Waals surface area contributed by atoms with Crippen molar-refractivity contribution in [2.24, 2.45) is 0 Å². The topological polar surface area (TPSA) is 71.2 Å². The molecular weight excluding hydrogens is 592 g/mol. The van der Waals surface area contributed by atoms with Gasteiger partial charge in [-0.05, 0) is 48.6 Å². The number of aromatic amines is 2. The summed E-state index contributed by atoms with van der Waals surface area (Å²) in [4.78, 5) is 7.64. The summed E-state index contributed by atoms with van der Waals surface area (Å²) >= 11 is 0. The molecule has 230 valence electrons. The van der Waals surface area contributed by atoms with Gasteiger partial charge in [0.05, 0.1) is 0 Å². The highest BCUT2D eigenvalue weighted by atomic mass is 15.1. The minimum atomic E-state index is -0.0974. The molecule has 3 aliphatic heterocycles. The smallest absolute Gasteiger partial charge is 0.257 e. The van der Waals surface area contributed by atoms with Crippen molar-refractivity contribution in [3.63, 3.8) is 0 Å². The molecule has 0 aromatic carbocycles. The molecule has 0 saturated carbocycles. The minimum absolute atomic E-state index is 0.0974. The zero-order chi connectivity index (χ0) is 31.9. The van der Waals surface area contributed by atoms with Gasteiger partial charge in [-0.3, -0.25) is 0 Å². The maximum atomic E-state index is 3.88. The second-order valence-electron chi connectivity index (χ2n) is 12.0. The summed E-state index contributed by atoms with van der Waals surface area (Å²) in [5.41, 5.74) is 8.29. The van der Waals surface area contributed by atoms with Gasteiger partial charge in [-0.25, -0.2) is 0 Å². The molecule has 2 atom stereocenters. The molecule has 8 heteroatoms. The number of allylic oxidation sites excluding steroid dienone is 2. The van der Waals surface area contributed by atoms with E-state index >= 15 is 0 Å². The first-order chi connectivity index (χ1) is 23.8. The third-order valence-electron chi connectivity index (χ3n) is 9.00. The maximum Gasteiger partial charge on any atom is 0.257 e. The molecule has 48 heavy (non-hydrogen) atoms. The minimum Gasteiger partial charge on any atom is -0.364 e. The molecule has 3 aliphatic rings. The van der Waals surface area contributed by atoms with E-state index in [2.05, 4.69) is 186 Å². The molecule has 9 heterocycles. The monoisotopic (exact) mass is 626 g/mol. The van der Waals surface area contributed by atoms with E-state index in [4.69, 9.17) is 0 Å². The van der Waals surface area contributed by atoms with E-state index in [1.54, 1.807) is 0 Å². The molecule has 6 aromatic rings. The zero-order valence-corrected chi connectivity index (χ0v) is 26.1. The van der Waals surface area contributed by atoms with E-state index in [0.29, 0.717) is 0 Å². The second kappa shape index (κ2) is 11.7. The van der Waals surface area contributed by atoms with Gasteiger partial charge in [-0.2, -0.15) is 18.3 Å². The zero-order valence-electron chi connectivity index (χ0n) is 26.1. The second-order valence-corrected chi connectivity index (χ2v) is 12.0. The van der Waals surface area contributed by atoms with Crippen molar-refractivity contribution >= 4 is 22.8 Å². The third-order valence-corrected chi connectivity index (χ3v) is 9.00. The van der Waals surface area contributed by atoms with Crippen LogP contribution in [0.15, 0.2) is 182 Å². The Kier molecular flexibility index (Phi) is 6.75. The average Bonchev–Trinajstić information content (AvgIpc) is 3.98. The molecule has 8 bridgehead atoms. The molecular formula is C40H34N8+4. The van der Waals surface area contributed by atoms with Crippen LogP contribution < -0.4 is 39.6 Å². The maximum absolute atomic E-state index is 3.88. The van der Waals surface area contributed by atoms with Crippen LogP contribution in [0.5, 0.6) is 0 Å². The number of hydrogen-bond acceptors (Lipinski definition) is 2. The van der Waals surface area contributed by atoms with Gasteiger partial charge >= 0.3 is 0 Å². The molecule has 0 radical (unpaired) electrons. The molecule has 0 saturated heterocycles. The molecule has 9 rings (SSSR count). The number of pyridine rings is 4. The van der Waals surface area contributed by atoms with Crippen LogP contribution in [0.3, 0.4) is 0 Å². The average molecular weight is 627 g/mol. The summed E-state index contributed by atoms with van der Waals surface area (Å²) in [5.74, 6) is 0. The summed E-state index contributed by atoms with van der Waals surface area (Å²) in [5, 5.41) is 9.81. The molecule has 6 aromatic heterocycles. The number of H-pyrrole nitrogens is 2. The number of rotatable bonds is 4. The van der Waals surface area contributed by atoms with E-state index < -0.39 is 0 Å². The Balaban J connectivity index is 1.36. The van der Waals surface area contributed by atoms with Crippen LogP contribution in [-0.2, 0) is 0 Å². The van der Waals surface area contributed by atoms with Crippen molar-refractivity contribution in [2.45, 2.75) is 12.1 Å². The quantitative estimate of drug-likeness (QED) is 0.226. The fraction of sp³-hybridized carbons (Fsp3) is 0.0500. The molecule has 0 fully saturated rings. The highest BCUT2D eigenvalue weighted by Crippen LogP contribution is 2.25. The predicted octanol–water partition coefficient (Wildman–Crippen LogP) is 2.01. The first kappa shape index (κ1) is 27.7. The molecule has 0 spiro atoms. The normalized spacial score (nSPS) is 22.5. The van der Waals surface area contributed by atoms with E-state index in [1.807, 2.05) is 24.3 Å². The highest BCUT2D eigenvalue weighted by Gasteiger charge is 2.34. The molecule has 0 aliphatic carbocycles. The molecule has 4 N–H and O–H groups in total. The van der Waals surface area contributed by atoms with Crippen molar-refractivity contribution in [3.05, 3.63) is 204 Å². The standard InChI is InChI=1S/C40H34N8/c1-5-21-45(22-6-1)37-29-13-15-31(41-29)38(46-23-7-2-8-24-46)33-17-19-35(43-33)40(48-27-11-4-12-28-48)36-20-18-34(44-36)39(32-16-14-30(37)42-32)47-25-9-3-10-26-47/h1-29,34,41-44H/q+4/b37-30+,38-31+,39-32?,40-36+. The number of aromatic nitrogens is 6. The Morgan fingerprint density at radius 2 is 0.771 bits per heavy atom. The lowest BCUT2D eigenvalue weighted by Crippen LogP contribution is -2.48. The van der Waals surface area contributed by atoms with Gasteiger partial charge in [0, 0.05) is 48.5 Å². The lowest BCUT2D eigenvalue weighted by Gasteiger charge is -2.13. The Hall–Kier alpha value is -6.54. The number of fused-ring (bicyclic) bond motifs is 8. The highest BCUT2D eigenvalue weighted by molar-refractivity contribution is 5.70. The summed E-state index contributed by atoms with van der Waals surface area (Å²) < 4.78 is 8.72. The van der Waals surface area contributed by atoms with Crippen LogP contribution in [0.4, 0.5) is 0 Å². The fourth-order valence-corrected chi connectivity index (χ4v) is 6.89.